The van der Waals surface area contributed by atoms with Gasteiger partial charge in [-0.05, 0) is 30.3 Å². The molecule has 2 aromatic rings. The van der Waals surface area contributed by atoms with Crippen LogP contribution < -0.4 is 4.74 Å². The summed E-state index contributed by atoms with van der Waals surface area (Å²) in [6.07, 6.45) is 2.35. The van der Waals surface area contributed by atoms with Crippen molar-refractivity contribution in [2.45, 2.75) is 6.61 Å². The van der Waals surface area contributed by atoms with E-state index in [0.29, 0.717) is 11.3 Å². The van der Waals surface area contributed by atoms with Crippen molar-refractivity contribution in [3.05, 3.63) is 71.3 Å². The van der Waals surface area contributed by atoms with Crippen molar-refractivity contribution in [2.24, 2.45) is 0 Å². The average molecular weight is 290 g/mol. The van der Waals surface area contributed by atoms with Crippen LogP contribution in [0.25, 0.3) is 6.08 Å². The van der Waals surface area contributed by atoms with Crippen molar-refractivity contribution in [1.29, 1.82) is 0 Å². The zero-order chi connectivity index (χ0) is 15.2. The quantitative estimate of drug-likeness (QED) is 0.855. The van der Waals surface area contributed by atoms with Crippen LogP contribution in [0, 0.1) is 11.6 Å². The Morgan fingerprint density at radius 2 is 1.95 bits per heavy atom. The highest BCUT2D eigenvalue weighted by atomic mass is 19.1. The van der Waals surface area contributed by atoms with Gasteiger partial charge in [0.25, 0.3) is 0 Å². The number of carboxylic acid groups (broad SMARTS) is 1. The summed E-state index contributed by atoms with van der Waals surface area (Å²) in [5.74, 6) is -1.80. The lowest BCUT2D eigenvalue weighted by Crippen LogP contribution is -2.00. The van der Waals surface area contributed by atoms with Crippen LogP contribution in [-0.4, -0.2) is 11.1 Å². The Morgan fingerprint density at radius 1 is 1.19 bits per heavy atom. The zero-order valence-electron chi connectivity index (χ0n) is 10.9. The second-order valence-corrected chi connectivity index (χ2v) is 4.23. The van der Waals surface area contributed by atoms with Gasteiger partial charge < -0.3 is 9.84 Å². The van der Waals surface area contributed by atoms with Gasteiger partial charge in [0.15, 0.2) is 0 Å². The van der Waals surface area contributed by atoms with Crippen molar-refractivity contribution < 1.29 is 23.4 Å². The highest BCUT2D eigenvalue weighted by Gasteiger charge is 2.06. The Morgan fingerprint density at radius 3 is 2.71 bits per heavy atom. The first kappa shape index (κ1) is 14.7. The third kappa shape index (κ3) is 4.14. The molecule has 2 rings (SSSR count). The lowest BCUT2D eigenvalue weighted by Gasteiger charge is -2.10. The SMILES string of the molecule is O=C(O)/C=C/c1ccccc1OCc1cc(F)ccc1F. The lowest BCUT2D eigenvalue weighted by atomic mass is 10.2. The van der Waals surface area contributed by atoms with Gasteiger partial charge in [-0.2, -0.15) is 0 Å². The molecule has 3 nitrogen and oxygen atoms in total. The zero-order valence-corrected chi connectivity index (χ0v) is 10.9. The molecule has 0 amide bonds. The molecule has 0 saturated carbocycles. The average Bonchev–Trinajstić information content (AvgIpc) is 2.47. The standard InChI is InChI=1S/C16H12F2O3/c17-13-6-7-14(18)12(9-13)10-21-15-4-2-1-3-11(15)5-8-16(19)20/h1-9H,10H2,(H,19,20)/b8-5+. The third-order valence-corrected chi connectivity index (χ3v) is 2.72. The minimum Gasteiger partial charge on any atom is -0.488 e. The summed E-state index contributed by atoms with van der Waals surface area (Å²) in [5, 5.41) is 8.62. The molecule has 108 valence electrons. The van der Waals surface area contributed by atoms with E-state index in [0.717, 1.165) is 24.3 Å². The molecule has 5 heteroatoms. The van der Waals surface area contributed by atoms with E-state index >= 15 is 0 Å². The van der Waals surface area contributed by atoms with Crippen molar-refractivity contribution >= 4 is 12.0 Å². The first-order valence-corrected chi connectivity index (χ1v) is 6.13. The Labute approximate surface area is 120 Å². The Balaban J connectivity index is 2.16. The number of carboxylic acids is 1. The van der Waals surface area contributed by atoms with Gasteiger partial charge in [-0.15, -0.1) is 0 Å². The number of para-hydroxylation sites is 1. The molecule has 1 N–H and O–H groups in total. The molecule has 0 bridgehead atoms. The summed E-state index contributed by atoms with van der Waals surface area (Å²) in [4.78, 5) is 10.5. The molecule has 0 heterocycles. The van der Waals surface area contributed by atoms with Crippen molar-refractivity contribution in [2.75, 3.05) is 0 Å². The van der Waals surface area contributed by atoms with E-state index in [1.807, 2.05) is 0 Å². The second kappa shape index (κ2) is 6.65. The van der Waals surface area contributed by atoms with Crippen LogP contribution in [0.2, 0.25) is 0 Å². The van der Waals surface area contributed by atoms with E-state index in [2.05, 4.69) is 0 Å². The molecule has 0 aliphatic heterocycles. The van der Waals surface area contributed by atoms with Crippen LogP contribution >= 0.6 is 0 Å². The monoisotopic (exact) mass is 290 g/mol. The van der Waals surface area contributed by atoms with Crippen LogP contribution in [0.15, 0.2) is 48.5 Å². The summed E-state index contributed by atoms with van der Waals surface area (Å²) in [7, 11) is 0. The third-order valence-electron chi connectivity index (χ3n) is 2.72. The first-order valence-electron chi connectivity index (χ1n) is 6.13. The van der Waals surface area contributed by atoms with E-state index in [-0.39, 0.29) is 12.2 Å². The molecule has 0 unspecified atom stereocenters. The largest absolute Gasteiger partial charge is 0.488 e. The summed E-state index contributed by atoms with van der Waals surface area (Å²) >= 11 is 0. The molecule has 2 aromatic carbocycles. The first-order chi connectivity index (χ1) is 10.1. The van der Waals surface area contributed by atoms with Crippen LogP contribution in [0.4, 0.5) is 8.78 Å². The number of aliphatic carboxylic acids is 1. The fourth-order valence-electron chi connectivity index (χ4n) is 1.72. The number of halogens is 2. The maximum atomic E-state index is 13.5. The summed E-state index contributed by atoms with van der Waals surface area (Å²) < 4.78 is 32.0. The van der Waals surface area contributed by atoms with Gasteiger partial charge in [-0.1, -0.05) is 18.2 Å². The normalized spacial score (nSPS) is 10.8. The molecule has 21 heavy (non-hydrogen) atoms. The van der Waals surface area contributed by atoms with Gasteiger partial charge in [0, 0.05) is 17.2 Å². The van der Waals surface area contributed by atoms with Gasteiger partial charge in [0.2, 0.25) is 0 Å². The number of hydrogen-bond donors (Lipinski definition) is 1. The smallest absolute Gasteiger partial charge is 0.328 e. The van der Waals surface area contributed by atoms with Crippen LogP contribution in [0.5, 0.6) is 5.75 Å². The molecule has 0 aliphatic rings. The summed E-state index contributed by atoms with van der Waals surface area (Å²) in [6, 6.07) is 9.83. The number of ether oxygens (including phenoxy) is 1. The van der Waals surface area contributed by atoms with Crippen LogP contribution in [-0.2, 0) is 11.4 Å². The molecule has 0 aliphatic carbocycles. The van der Waals surface area contributed by atoms with Gasteiger partial charge in [-0.3, -0.25) is 0 Å². The minimum absolute atomic E-state index is 0.0898. The van der Waals surface area contributed by atoms with Gasteiger partial charge >= 0.3 is 5.97 Å². The summed E-state index contributed by atoms with van der Waals surface area (Å²) in [5.41, 5.74) is 0.628. The van der Waals surface area contributed by atoms with Gasteiger partial charge in [0.1, 0.15) is 24.0 Å². The molecular weight excluding hydrogens is 278 g/mol. The maximum absolute atomic E-state index is 13.5. The molecule has 0 fully saturated rings. The highest BCUT2D eigenvalue weighted by Crippen LogP contribution is 2.21. The van der Waals surface area contributed by atoms with E-state index in [1.54, 1.807) is 24.3 Å². The number of benzene rings is 2. The second-order valence-electron chi connectivity index (χ2n) is 4.23. The molecule has 0 aromatic heterocycles. The Kier molecular flexibility index (Phi) is 4.66. The van der Waals surface area contributed by atoms with E-state index in [1.165, 1.54) is 6.08 Å². The molecule has 0 atom stereocenters. The van der Waals surface area contributed by atoms with Gasteiger partial charge in [-0.25, -0.2) is 13.6 Å². The lowest BCUT2D eigenvalue weighted by molar-refractivity contribution is -0.131. The fourth-order valence-corrected chi connectivity index (χ4v) is 1.72. The number of hydrogen-bond acceptors (Lipinski definition) is 2. The molecule has 0 radical (unpaired) electrons. The Hall–Kier alpha value is -2.69. The maximum Gasteiger partial charge on any atom is 0.328 e. The van der Waals surface area contributed by atoms with Crippen molar-refractivity contribution in [1.82, 2.24) is 0 Å². The van der Waals surface area contributed by atoms with Gasteiger partial charge in [0.05, 0.1) is 0 Å². The minimum atomic E-state index is -1.08. The van der Waals surface area contributed by atoms with Crippen LogP contribution in [0.3, 0.4) is 0 Å². The number of carbonyl (C=O) groups is 1. The summed E-state index contributed by atoms with van der Waals surface area (Å²) in [6.45, 7) is -0.151. The van der Waals surface area contributed by atoms with Crippen molar-refractivity contribution in [3.8, 4) is 5.75 Å². The number of rotatable bonds is 5. The molecular formula is C16H12F2O3. The molecule has 0 saturated heterocycles. The van der Waals surface area contributed by atoms with Crippen molar-refractivity contribution in [3.63, 3.8) is 0 Å². The predicted octanol–water partition coefficient (Wildman–Crippen LogP) is 3.64. The highest BCUT2D eigenvalue weighted by molar-refractivity contribution is 5.85. The Bertz CT molecular complexity index is 681. The predicted molar refractivity (Wildman–Crippen MR) is 73.8 cm³/mol. The van der Waals surface area contributed by atoms with E-state index in [4.69, 9.17) is 9.84 Å². The fraction of sp³-hybridized carbons (Fsp3) is 0.0625. The molecule has 0 spiro atoms. The topological polar surface area (TPSA) is 46.5 Å². The van der Waals surface area contributed by atoms with Crippen LogP contribution in [0.1, 0.15) is 11.1 Å². The van der Waals surface area contributed by atoms with E-state index in [9.17, 15) is 13.6 Å². The van der Waals surface area contributed by atoms with E-state index < -0.39 is 17.6 Å².